The van der Waals surface area contributed by atoms with E-state index in [0.717, 1.165) is 25.7 Å². The van der Waals surface area contributed by atoms with Crippen LogP contribution in [0.25, 0.3) is 0 Å². The number of carboxylic acids is 1. The molecule has 1 aliphatic carbocycles. The summed E-state index contributed by atoms with van der Waals surface area (Å²) in [4.78, 5) is 34.8. The molecule has 2 rings (SSSR count). The molecule has 0 aromatic heterocycles. The highest BCUT2D eigenvalue weighted by Crippen LogP contribution is 2.28. The van der Waals surface area contributed by atoms with E-state index in [0.29, 0.717) is 24.1 Å². The number of primary amides is 1. The minimum atomic E-state index is -1.20. The van der Waals surface area contributed by atoms with E-state index >= 15 is 0 Å². The minimum Gasteiger partial charge on any atom is -0.480 e. The van der Waals surface area contributed by atoms with Gasteiger partial charge in [0, 0.05) is 11.3 Å². The monoisotopic (exact) mass is 319 g/mol. The van der Waals surface area contributed by atoms with Crippen LogP contribution in [0.5, 0.6) is 0 Å². The van der Waals surface area contributed by atoms with E-state index in [4.69, 9.17) is 5.73 Å². The summed E-state index contributed by atoms with van der Waals surface area (Å²) in [5, 5.41) is 14.7. The van der Waals surface area contributed by atoms with E-state index in [1.54, 1.807) is 12.1 Å². The summed E-state index contributed by atoms with van der Waals surface area (Å²) >= 11 is 0. The number of hydrogen-bond donors (Lipinski definition) is 4. The van der Waals surface area contributed by atoms with Gasteiger partial charge in [-0.2, -0.15) is 0 Å². The second-order valence-electron chi connectivity index (χ2n) is 5.82. The van der Waals surface area contributed by atoms with Crippen molar-refractivity contribution in [2.24, 2.45) is 5.73 Å². The second-order valence-corrected chi connectivity index (χ2v) is 5.82. The quantitative estimate of drug-likeness (QED) is 0.635. The number of hydrogen-bond acceptors (Lipinski definition) is 3. The summed E-state index contributed by atoms with van der Waals surface area (Å²) in [6.07, 6.45) is 4.42. The molecule has 124 valence electrons. The third-order valence-electron chi connectivity index (χ3n) is 4.13. The lowest BCUT2D eigenvalue weighted by Crippen LogP contribution is -2.54. The van der Waals surface area contributed by atoms with Crippen LogP contribution in [0, 0.1) is 0 Å². The molecule has 0 spiro atoms. The van der Waals surface area contributed by atoms with Crippen LogP contribution in [-0.2, 0) is 4.79 Å². The van der Waals surface area contributed by atoms with Crippen LogP contribution in [0.4, 0.5) is 10.5 Å². The van der Waals surface area contributed by atoms with Gasteiger partial charge in [0.05, 0.1) is 0 Å². The molecule has 1 aliphatic rings. The highest BCUT2D eigenvalue weighted by atomic mass is 16.4. The van der Waals surface area contributed by atoms with Crippen LogP contribution in [0.1, 0.15) is 48.9 Å². The molecule has 1 saturated carbocycles. The van der Waals surface area contributed by atoms with E-state index in [2.05, 4.69) is 10.6 Å². The molecule has 7 nitrogen and oxygen atoms in total. The van der Waals surface area contributed by atoms with Crippen molar-refractivity contribution in [3.05, 3.63) is 29.8 Å². The van der Waals surface area contributed by atoms with E-state index in [9.17, 15) is 19.5 Å². The Labute approximate surface area is 134 Å². The lowest BCUT2D eigenvalue weighted by Gasteiger charge is -2.29. The Morgan fingerprint density at radius 3 is 2.04 bits per heavy atom. The number of aliphatic carboxylic acids is 1. The number of nitrogens with one attached hydrogen (secondary N) is 2. The molecule has 23 heavy (non-hydrogen) atoms. The molecule has 0 unspecified atom stereocenters. The molecule has 1 aromatic carbocycles. The maximum Gasteiger partial charge on any atom is 0.329 e. The molecule has 0 atom stereocenters. The van der Waals surface area contributed by atoms with Gasteiger partial charge in [0.15, 0.2) is 0 Å². The summed E-state index contributed by atoms with van der Waals surface area (Å²) in [5.74, 6) is -1.42. The average molecular weight is 319 g/mol. The van der Waals surface area contributed by atoms with Crippen LogP contribution in [0.3, 0.4) is 0 Å². The van der Waals surface area contributed by atoms with Crippen molar-refractivity contribution >= 4 is 23.6 Å². The molecular formula is C16H21N3O4. The van der Waals surface area contributed by atoms with Gasteiger partial charge in [-0.15, -0.1) is 0 Å². The molecule has 7 heteroatoms. The Morgan fingerprint density at radius 2 is 1.57 bits per heavy atom. The number of benzene rings is 1. The fourth-order valence-corrected chi connectivity index (χ4v) is 2.86. The molecule has 1 fully saturated rings. The maximum atomic E-state index is 12.4. The Hall–Kier alpha value is -2.57. The topological polar surface area (TPSA) is 122 Å². The van der Waals surface area contributed by atoms with Gasteiger partial charge in [0.1, 0.15) is 5.54 Å². The van der Waals surface area contributed by atoms with Crippen LogP contribution in [0.15, 0.2) is 24.3 Å². The van der Waals surface area contributed by atoms with Gasteiger partial charge in [0.2, 0.25) is 0 Å². The van der Waals surface area contributed by atoms with Gasteiger partial charge in [-0.25, -0.2) is 9.59 Å². The Bertz CT molecular complexity index is 590. The first-order valence-electron chi connectivity index (χ1n) is 7.65. The Morgan fingerprint density at radius 1 is 1.00 bits per heavy atom. The predicted octanol–water partition coefficient (Wildman–Crippen LogP) is 2.08. The van der Waals surface area contributed by atoms with Crippen molar-refractivity contribution in [1.29, 1.82) is 0 Å². The number of carbonyl (C=O) groups excluding carboxylic acids is 2. The molecule has 0 heterocycles. The SMILES string of the molecule is NC(=O)Nc1ccc(C(=O)NC2(C(=O)O)CCCCCC2)cc1. The molecule has 0 saturated heterocycles. The lowest BCUT2D eigenvalue weighted by atomic mass is 9.90. The third kappa shape index (κ3) is 4.21. The number of rotatable bonds is 4. The van der Waals surface area contributed by atoms with Crippen LogP contribution in [0.2, 0.25) is 0 Å². The molecule has 0 radical (unpaired) electrons. The number of carbonyl (C=O) groups is 3. The van der Waals surface area contributed by atoms with Gasteiger partial charge in [-0.05, 0) is 37.1 Å². The number of carboxylic acid groups (broad SMARTS) is 1. The van der Waals surface area contributed by atoms with E-state index in [-0.39, 0.29) is 0 Å². The highest BCUT2D eigenvalue weighted by Gasteiger charge is 2.40. The van der Waals surface area contributed by atoms with Gasteiger partial charge < -0.3 is 21.5 Å². The Balaban J connectivity index is 2.12. The first-order chi connectivity index (χ1) is 10.9. The predicted molar refractivity (Wildman–Crippen MR) is 85.2 cm³/mol. The van der Waals surface area contributed by atoms with Gasteiger partial charge in [-0.3, -0.25) is 4.79 Å². The van der Waals surface area contributed by atoms with Gasteiger partial charge >= 0.3 is 12.0 Å². The highest BCUT2D eigenvalue weighted by molar-refractivity contribution is 5.98. The fourth-order valence-electron chi connectivity index (χ4n) is 2.86. The van der Waals surface area contributed by atoms with Gasteiger partial charge in [-0.1, -0.05) is 25.7 Å². The van der Waals surface area contributed by atoms with E-state index in [1.807, 2.05) is 0 Å². The summed E-state index contributed by atoms with van der Waals surface area (Å²) in [6, 6.07) is 5.44. The van der Waals surface area contributed by atoms with Crippen LogP contribution >= 0.6 is 0 Å². The summed E-state index contributed by atoms with van der Waals surface area (Å²) < 4.78 is 0. The zero-order valence-corrected chi connectivity index (χ0v) is 12.8. The van der Waals surface area contributed by atoms with Crippen LogP contribution < -0.4 is 16.4 Å². The Kier molecular flexibility index (Phi) is 5.20. The first kappa shape index (κ1) is 16.8. The molecule has 1 aromatic rings. The second kappa shape index (κ2) is 7.13. The van der Waals surface area contributed by atoms with Crippen molar-refractivity contribution in [3.63, 3.8) is 0 Å². The standard InChI is InChI=1S/C16H21N3O4/c17-15(23)18-12-7-5-11(6-8-12)13(20)19-16(14(21)22)9-3-1-2-4-10-16/h5-8H,1-4,9-10H2,(H,19,20)(H,21,22)(H3,17,18,23). The maximum absolute atomic E-state index is 12.4. The number of amides is 3. The first-order valence-corrected chi connectivity index (χ1v) is 7.65. The zero-order chi connectivity index (χ0) is 16.9. The molecular weight excluding hydrogens is 298 g/mol. The van der Waals surface area contributed by atoms with Crippen molar-refractivity contribution < 1.29 is 19.5 Å². The molecule has 0 aliphatic heterocycles. The van der Waals surface area contributed by atoms with E-state index < -0.39 is 23.4 Å². The van der Waals surface area contributed by atoms with Gasteiger partial charge in [0.25, 0.3) is 5.91 Å². The largest absolute Gasteiger partial charge is 0.480 e. The smallest absolute Gasteiger partial charge is 0.329 e. The van der Waals surface area contributed by atoms with Crippen molar-refractivity contribution in [2.75, 3.05) is 5.32 Å². The van der Waals surface area contributed by atoms with Crippen LogP contribution in [-0.4, -0.2) is 28.6 Å². The van der Waals surface area contributed by atoms with E-state index in [1.165, 1.54) is 12.1 Å². The third-order valence-corrected chi connectivity index (χ3v) is 4.13. The normalized spacial score (nSPS) is 16.9. The average Bonchev–Trinajstić information content (AvgIpc) is 2.74. The molecule has 5 N–H and O–H groups in total. The lowest BCUT2D eigenvalue weighted by molar-refractivity contribution is -0.145. The zero-order valence-electron chi connectivity index (χ0n) is 12.8. The summed E-state index contributed by atoms with van der Waals surface area (Å²) in [7, 11) is 0. The minimum absolute atomic E-state index is 0.338. The summed E-state index contributed by atoms with van der Waals surface area (Å²) in [6.45, 7) is 0. The number of nitrogens with two attached hydrogens (primary N) is 1. The molecule has 3 amide bonds. The van der Waals surface area contributed by atoms with Crippen molar-refractivity contribution in [2.45, 2.75) is 44.1 Å². The number of anilines is 1. The van der Waals surface area contributed by atoms with Crippen molar-refractivity contribution in [1.82, 2.24) is 5.32 Å². The number of urea groups is 1. The van der Waals surface area contributed by atoms with Crippen molar-refractivity contribution in [3.8, 4) is 0 Å². The fraction of sp³-hybridized carbons (Fsp3) is 0.438. The molecule has 0 bridgehead atoms. The summed E-state index contributed by atoms with van der Waals surface area (Å²) in [5.41, 5.74) is 4.63.